The van der Waals surface area contributed by atoms with Gasteiger partial charge in [-0.3, -0.25) is 4.90 Å². The average Bonchev–Trinajstić information content (AvgIpc) is 2.33. The van der Waals surface area contributed by atoms with Crippen molar-refractivity contribution >= 4 is 9.84 Å². The Hall–Kier alpha value is -0.340. The largest absolute Gasteiger partial charge is 0.401 e. The highest BCUT2D eigenvalue weighted by Crippen LogP contribution is 2.22. The lowest BCUT2D eigenvalue weighted by Gasteiger charge is -2.35. The molecule has 0 bridgehead atoms. The Morgan fingerprint density at radius 3 is 2.10 bits per heavy atom. The molecule has 0 unspecified atom stereocenters. The van der Waals surface area contributed by atoms with Crippen LogP contribution < -0.4 is 5.32 Å². The van der Waals surface area contributed by atoms with E-state index in [2.05, 4.69) is 5.32 Å². The molecule has 1 N–H and O–H groups in total. The van der Waals surface area contributed by atoms with Gasteiger partial charge in [0.2, 0.25) is 0 Å². The van der Waals surface area contributed by atoms with Crippen LogP contribution in [0.15, 0.2) is 0 Å². The number of rotatable bonds is 5. The Morgan fingerprint density at radius 2 is 1.67 bits per heavy atom. The van der Waals surface area contributed by atoms with Crippen LogP contribution in [0.5, 0.6) is 0 Å². The molecule has 126 valence electrons. The van der Waals surface area contributed by atoms with Crippen molar-refractivity contribution in [3.05, 3.63) is 0 Å². The summed E-state index contributed by atoms with van der Waals surface area (Å²) in [6, 6.07) is -0.206. The van der Waals surface area contributed by atoms with Crippen molar-refractivity contribution in [3.8, 4) is 0 Å². The van der Waals surface area contributed by atoms with Crippen molar-refractivity contribution in [3.63, 3.8) is 0 Å². The predicted octanol–water partition coefficient (Wildman–Crippen LogP) is 1.82. The molecule has 0 saturated carbocycles. The van der Waals surface area contributed by atoms with Gasteiger partial charge >= 0.3 is 6.18 Å². The zero-order valence-electron chi connectivity index (χ0n) is 12.8. The van der Waals surface area contributed by atoms with Crippen molar-refractivity contribution in [2.45, 2.75) is 50.6 Å². The van der Waals surface area contributed by atoms with E-state index in [0.717, 1.165) is 0 Å². The summed E-state index contributed by atoms with van der Waals surface area (Å²) in [6.07, 6.45) is -3.08. The van der Waals surface area contributed by atoms with E-state index in [1.54, 1.807) is 20.8 Å². The second-order valence-electron chi connectivity index (χ2n) is 6.50. The number of halogens is 3. The minimum Gasteiger partial charge on any atom is -0.317 e. The number of alkyl halides is 3. The van der Waals surface area contributed by atoms with Gasteiger partial charge in [0.25, 0.3) is 0 Å². The number of nitrogens with one attached hydrogen (secondary N) is 1. The third kappa shape index (κ3) is 6.12. The van der Waals surface area contributed by atoms with Crippen LogP contribution >= 0.6 is 0 Å². The Bertz CT molecular complexity index is 424. The normalized spacial score (nSPS) is 19.2. The average molecular weight is 330 g/mol. The molecule has 1 saturated heterocycles. The van der Waals surface area contributed by atoms with Gasteiger partial charge in [0.15, 0.2) is 9.84 Å². The predicted molar refractivity (Wildman–Crippen MR) is 77.1 cm³/mol. The summed E-state index contributed by atoms with van der Waals surface area (Å²) in [5.41, 5.74) is 0. The minimum absolute atomic E-state index is 0.0657. The molecule has 0 spiro atoms. The topological polar surface area (TPSA) is 49.4 Å². The molecule has 4 nitrogen and oxygen atoms in total. The Morgan fingerprint density at radius 1 is 1.14 bits per heavy atom. The third-order valence-electron chi connectivity index (χ3n) is 3.79. The van der Waals surface area contributed by atoms with Crippen LogP contribution in [0, 0.1) is 0 Å². The molecule has 0 aromatic heterocycles. The van der Waals surface area contributed by atoms with Crippen LogP contribution in [0.2, 0.25) is 0 Å². The standard InChI is InChI=1S/C13H25F3N2O2S/c1-12(2,3)21(19,20)9-8-18(10-13(14,15)16)11-4-6-17-7-5-11/h11,17H,4-10H2,1-3H3. The zero-order chi connectivity index (χ0) is 16.3. The number of hydrogen-bond acceptors (Lipinski definition) is 4. The van der Waals surface area contributed by atoms with Gasteiger partial charge in [-0.15, -0.1) is 0 Å². The molecule has 0 amide bonds. The van der Waals surface area contributed by atoms with E-state index >= 15 is 0 Å². The summed E-state index contributed by atoms with van der Waals surface area (Å²) in [6.45, 7) is 4.94. The first-order chi connectivity index (χ1) is 9.42. The molecule has 1 aliphatic rings. The summed E-state index contributed by atoms with van der Waals surface area (Å²) < 4.78 is 61.4. The van der Waals surface area contributed by atoms with E-state index in [1.807, 2.05) is 0 Å². The summed E-state index contributed by atoms with van der Waals surface area (Å²) in [5, 5.41) is 3.10. The molecule has 8 heteroatoms. The van der Waals surface area contributed by atoms with Crippen LogP contribution in [0.1, 0.15) is 33.6 Å². The van der Waals surface area contributed by atoms with Gasteiger partial charge in [0, 0.05) is 12.6 Å². The number of piperidine rings is 1. The van der Waals surface area contributed by atoms with Crippen LogP contribution in [0.3, 0.4) is 0 Å². The third-order valence-corrected chi connectivity index (χ3v) is 6.37. The van der Waals surface area contributed by atoms with E-state index in [0.29, 0.717) is 25.9 Å². The maximum absolute atomic E-state index is 12.7. The molecular formula is C13H25F3N2O2S. The van der Waals surface area contributed by atoms with E-state index in [4.69, 9.17) is 0 Å². The van der Waals surface area contributed by atoms with Crippen molar-refractivity contribution in [2.75, 3.05) is 31.9 Å². The molecule has 0 aromatic rings. The second kappa shape index (κ2) is 6.83. The van der Waals surface area contributed by atoms with Gasteiger partial charge in [-0.2, -0.15) is 13.2 Å². The molecule has 0 atom stereocenters. The van der Waals surface area contributed by atoms with Gasteiger partial charge in [-0.05, 0) is 46.7 Å². The first-order valence-electron chi connectivity index (χ1n) is 7.16. The number of hydrogen-bond donors (Lipinski definition) is 1. The van der Waals surface area contributed by atoms with Crippen LogP contribution in [-0.4, -0.2) is 62.2 Å². The van der Waals surface area contributed by atoms with Gasteiger partial charge in [0.05, 0.1) is 17.0 Å². The molecule has 1 fully saturated rings. The molecule has 1 rings (SSSR count). The molecule has 0 aliphatic carbocycles. The lowest BCUT2D eigenvalue weighted by atomic mass is 10.0. The Balaban J connectivity index is 2.73. The van der Waals surface area contributed by atoms with E-state index in [9.17, 15) is 21.6 Å². The first-order valence-corrected chi connectivity index (χ1v) is 8.81. The van der Waals surface area contributed by atoms with Crippen molar-refractivity contribution in [2.24, 2.45) is 0 Å². The Labute approximate surface area is 125 Å². The molecule has 0 radical (unpaired) electrons. The van der Waals surface area contributed by atoms with Crippen molar-refractivity contribution < 1.29 is 21.6 Å². The fraction of sp³-hybridized carbons (Fsp3) is 1.00. The molecular weight excluding hydrogens is 305 g/mol. The summed E-state index contributed by atoms with van der Waals surface area (Å²) in [5.74, 6) is -0.240. The highest BCUT2D eigenvalue weighted by Gasteiger charge is 2.36. The summed E-state index contributed by atoms with van der Waals surface area (Å²) in [7, 11) is -3.41. The quantitative estimate of drug-likeness (QED) is 0.835. The SMILES string of the molecule is CC(C)(C)S(=O)(=O)CCN(CC(F)(F)F)C1CCNCC1. The lowest BCUT2D eigenvalue weighted by Crippen LogP contribution is -2.49. The van der Waals surface area contributed by atoms with Crippen LogP contribution in [0.25, 0.3) is 0 Å². The minimum atomic E-state index is -4.31. The van der Waals surface area contributed by atoms with Crippen molar-refractivity contribution in [1.29, 1.82) is 0 Å². The summed E-state index contributed by atoms with van der Waals surface area (Å²) >= 11 is 0. The Kier molecular flexibility index (Phi) is 6.08. The van der Waals surface area contributed by atoms with Crippen LogP contribution in [-0.2, 0) is 9.84 Å². The first kappa shape index (κ1) is 18.7. The van der Waals surface area contributed by atoms with Crippen molar-refractivity contribution in [1.82, 2.24) is 10.2 Å². The second-order valence-corrected chi connectivity index (χ2v) is 9.36. The number of sulfone groups is 1. The summed E-state index contributed by atoms with van der Waals surface area (Å²) in [4.78, 5) is 1.28. The highest BCUT2D eigenvalue weighted by molar-refractivity contribution is 7.92. The maximum atomic E-state index is 12.7. The van der Waals surface area contributed by atoms with Gasteiger partial charge in [-0.25, -0.2) is 8.42 Å². The van der Waals surface area contributed by atoms with Gasteiger partial charge in [0.1, 0.15) is 0 Å². The molecule has 1 aliphatic heterocycles. The van der Waals surface area contributed by atoms with E-state index < -0.39 is 27.3 Å². The fourth-order valence-electron chi connectivity index (χ4n) is 2.34. The molecule has 0 aromatic carbocycles. The van der Waals surface area contributed by atoms with Crippen LogP contribution in [0.4, 0.5) is 13.2 Å². The van der Waals surface area contributed by atoms with Gasteiger partial charge in [-0.1, -0.05) is 0 Å². The monoisotopic (exact) mass is 330 g/mol. The lowest BCUT2D eigenvalue weighted by molar-refractivity contribution is -0.151. The smallest absolute Gasteiger partial charge is 0.317 e. The maximum Gasteiger partial charge on any atom is 0.401 e. The number of nitrogens with zero attached hydrogens (tertiary/aromatic N) is 1. The van der Waals surface area contributed by atoms with E-state index in [-0.39, 0.29) is 18.3 Å². The molecule has 21 heavy (non-hydrogen) atoms. The molecule has 1 heterocycles. The van der Waals surface area contributed by atoms with Gasteiger partial charge < -0.3 is 5.32 Å². The highest BCUT2D eigenvalue weighted by atomic mass is 32.2. The fourth-order valence-corrected chi connectivity index (χ4v) is 3.42. The van der Waals surface area contributed by atoms with E-state index in [1.165, 1.54) is 4.90 Å². The zero-order valence-corrected chi connectivity index (χ0v) is 13.6.